The number of aliphatic hydroxyl groups is 1. The van der Waals surface area contributed by atoms with Crippen LogP contribution in [-0.2, 0) is 7.05 Å². The van der Waals surface area contributed by atoms with E-state index in [1.54, 1.807) is 35.1 Å². The maximum Gasteiger partial charge on any atom is 0.270 e. The molecule has 3 aromatic rings. The van der Waals surface area contributed by atoms with Crippen molar-refractivity contribution < 1.29 is 14.3 Å². The Morgan fingerprint density at radius 2 is 2.15 bits per heavy atom. The SMILES string of the molecule is Cn1cc(C(NC(=O)c2ccc3cccc(F)c3n2)C2CC(O)C2)cn1. The van der Waals surface area contributed by atoms with E-state index in [0.717, 1.165) is 5.56 Å². The van der Waals surface area contributed by atoms with Crippen LogP contribution in [0.4, 0.5) is 4.39 Å². The molecule has 1 aliphatic rings. The van der Waals surface area contributed by atoms with Gasteiger partial charge in [0.1, 0.15) is 17.0 Å². The number of para-hydroxylation sites is 1. The van der Waals surface area contributed by atoms with Gasteiger partial charge in [-0.05, 0) is 30.9 Å². The lowest BCUT2D eigenvalue weighted by Crippen LogP contribution is -2.41. The van der Waals surface area contributed by atoms with Gasteiger partial charge in [-0.25, -0.2) is 9.37 Å². The van der Waals surface area contributed by atoms with Gasteiger partial charge in [0.15, 0.2) is 0 Å². The van der Waals surface area contributed by atoms with Crippen LogP contribution >= 0.6 is 0 Å². The van der Waals surface area contributed by atoms with E-state index in [1.807, 2.05) is 13.2 Å². The van der Waals surface area contributed by atoms with Crippen molar-refractivity contribution in [3.8, 4) is 0 Å². The van der Waals surface area contributed by atoms with Gasteiger partial charge >= 0.3 is 0 Å². The summed E-state index contributed by atoms with van der Waals surface area (Å²) in [5.41, 5.74) is 1.22. The molecule has 4 rings (SSSR count). The average Bonchev–Trinajstić information content (AvgIpc) is 3.03. The molecule has 0 radical (unpaired) electrons. The number of nitrogens with zero attached hydrogens (tertiary/aromatic N) is 3. The summed E-state index contributed by atoms with van der Waals surface area (Å²) in [5.74, 6) is -0.691. The number of rotatable bonds is 4. The Balaban J connectivity index is 1.61. The van der Waals surface area contributed by atoms with Crippen LogP contribution in [-0.4, -0.2) is 31.9 Å². The van der Waals surface area contributed by atoms with Gasteiger partial charge in [0.05, 0.1) is 18.3 Å². The van der Waals surface area contributed by atoms with Crippen molar-refractivity contribution in [1.29, 1.82) is 0 Å². The number of aromatic nitrogens is 3. The number of amides is 1. The maximum absolute atomic E-state index is 14.0. The molecule has 1 unspecified atom stereocenters. The number of hydrogen-bond acceptors (Lipinski definition) is 4. The summed E-state index contributed by atoms with van der Waals surface area (Å²) in [6.45, 7) is 0. The lowest BCUT2D eigenvalue weighted by atomic mass is 9.75. The number of pyridine rings is 1. The average molecular weight is 354 g/mol. The van der Waals surface area contributed by atoms with Crippen molar-refractivity contribution in [3.05, 3.63) is 59.8 Å². The van der Waals surface area contributed by atoms with Crippen LogP contribution in [0.15, 0.2) is 42.7 Å². The molecule has 0 bridgehead atoms. The Bertz CT molecular complexity index is 965. The Labute approximate surface area is 149 Å². The summed E-state index contributed by atoms with van der Waals surface area (Å²) in [4.78, 5) is 16.9. The summed E-state index contributed by atoms with van der Waals surface area (Å²) < 4.78 is 15.6. The molecule has 1 atom stereocenters. The molecular weight excluding hydrogens is 335 g/mol. The van der Waals surface area contributed by atoms with Crippen molar-refractivity contribution >= 4 is 16.8 Å². The van der Waals surface area contributed by atoms with Crippen LogP contribution in [0, 0.1) is 11.7 Å². The molecule has 2 aromatic heterocycles. The number of halogens is 1. The second-order valence-corrected chi connectivity index (χ2v) is 6.79. The van der Waals surface area contributed by atoms with E-state index in [4.69, 9.17) is 0 Å². The highest BCUT2D eigenvalue weighted by molar-refractivity contribution is 5.95. The minimum absolute atomic E-state index is 0.135. The van der Waals surface area contributed by atoms with Gasteiger partial charge in [-0.2, -0.15) is 5.10 Å². The van der Waals surface area contributed by atoms with Gasteiger partial charge in [-0.15, -0.1) is 0 Å². The van der Waals surface area contributed by atoms with Crippen molar-refractivity contribution in [2.75, 3.05) is 0 Å². The van der Waals surface area contributed by atoms with Gasteiger partial charge in [0.2, 0.25) is 0 Å². The summed E-state index contributed by atoms with van der Waals surface area (Å²) in [5, 5.41) is 17.4. The summed E-state index contributed by atoms with van der Waals surface area (Å²) >= 11 is 0. The van der Waals surface area contributed by atoms with E-state index < -0.39 is 5.82 Å². The lowest BCUT2D eigenvalue weighted by molar-refractivity contribution is 0.0234. The summed E-state index contributed by atoms with van der Waals surface area (Å²) in [6, 6.07) is 7.70. The van der Waals surface area contributed by atoms with Crippen LogP contribution in [0.1, 0.15) is 34.9 Å². The van der Waals surface area contributed by atoms with Gasteiger partial charge in [-0.1, -0.05) is 18.2 Å². The quantitative estimate of drug-likeness (QED) is 0.754. The van der Waals surface area contributed by atoms with Crippen molar-refractivity contribution in [2.45, 2.75) is 25.0 Å². The Kier molecular flexibility index (Phi) is 4.16. The first-order chi connectivity index (χ1) is 12.5. The van der Waals surface area contributed by atoms with Gasteiger partial charge in [0.25, 0.3) is 5.91 Å². The second kappa shape index (κ2) is 6.49. The van der Waals surface area contributed by atoms with Crippen LogP contribution in [0.2, 0.25) is 0 Å². The monoisotopic (exact) mass is 354 g/mol. The predicted octanol–water partition coefficient (Wildman–Crippen LogP) is 2.35. The van der Waals surface area contributed by atoms with E-state index >= 15 is 0 Å². The molecule has 134 valence electrons. The highest BCUT2D eigenvalue weighted by atomic mass is 19.1. The van der Waals surface area contributed by atoms with E-state index in [0.29, 0.717) is 18.2 Å². The number of carbonyl (C=O) groups excluding carboxylic acids is 1. The standard InChI is InChI=1S/C19H19FN4O2/c1-24-10-13(9-21-24)17(12-7-14(25)8-12)23-19(26)16-6-5-11-3-2-4-15(20)18(11)22-16/h2-6,9-10,12,14,17,25H,7-8H2,1H3,(H,23,26). The molecule has 1 saturated carbocycles. The van der Waals surface area contributed by atoms with Crippen LogP contribution < -0.4 is 5.32 Å². The van der Waals surface area contributed by atoms with E-state index in [9.17, 15) is 14.3 Å². The molecule has 2 N–H and O–H groups in total. The molecule has 1 aliphatic carbocycles. The molecular formula is C19H19FN4O2. The Morgan fingerprint density at radius 3 is 2.85 bits per heavy atom. The fourth-order valence-corrected chi connectivity index (χ4v) is 3.43. The topological polar surface area (TPSA) is 80.0 Å². The van der Waals surface area contributed by atoms with Crippen LogP contribution in [0.3, 0.4) is 0 Å². The zero-order valence-electron chi connectivity index (χ0n) is 14.3. The predicted molar refractivity (Wildman–Crippen MR) is 93.8 cm³/mol. The molecule has 6 nitrogen and oxygen atoms in total. The number of carbonyl (C=O) groups is 1. The van der Waals surface area contributed by atoms with Gasteiger partial charge in [-0.3, -0.25) is 9.48 Å². The Hall–Kier alpha value is -2.80. The Morgan fingerprint density at radius 1 is 1.35 bits per heavy atom. The highest BCUT2D eigenvalue weighted by Gasteiger charge is 2.36. The number of hydrogen-bond donors (Lipinski definition) is 2. The summed E-state index contributed by atoms with van der Waals surface area (Å²) in [7, 11) is 1.81. The molecule has 2 heterocycles. The van der Waals surface area contributed by atoms with Crippen molar-refractivity contribution in [3.63, 3.8) is 0 Å². The first kappa shape index (κ1) is 16.7. The molecule has 0 spiro atoms. The van der Waals surface area contributed by atoms with Crippen molar-refractivity contribution in [2.24, 2.45) is 13.0 Å². The van der Waals surface area contributed by atoms with E-state index in [1.165, 1.54) is 6.07 Å². The highest BCUT2D eigenvalue weighted by Crippen LogP contribution is 2.38. The van der Waals surface area contributed by atoms with Gasteiger partial charge in [0, 0.05) is 24.2 Å². The van der Waals surface area contributed by atoms with Crippen molar-refractivity contribution in [1.82, 2.24) is 20.1 Å². The first-order valence-corrected chi connectivity index (χ1v) is 8.54. The second-order valence-electron chi connectivity index (χ2n) is 6.79. The molecule has 1 aromatic carbocycles. The number of aliphatic hydroxyl groups excluding tert-OH is 1. The molecule has 0 aliphatic heterocycles. The van der Waals surface area contributed by atoms with E-state index in [2.05, 4.69) is 15.4 Å². The van der Waals surface area contributed by atoms with Crippen LogP contribution in [0.5, 0.6) is 0 Å². The van der Waals surface area contributed by atoms with Crippen LogP contribution in [0.25, 0.3) is 10.9 Å². The molecule has 0 saturated heterocycles. The zero-order valence-corrected chi connectivity index (χ0v) is 14.3. The minimum atomic E-state index is -0.455. The van der Waals surface area contributed by atoms with E-state index in [-0.39, 0.29) is 35.2 Å². The lowest BCUT2D eigenvalue weighted by Gasteiger charge is -2.37. The molecule has 7 heteroatoms. The third-order valence-electron chi connectivity index (χ3n) is 4.90. The smallest absolute Gasteiger partial charge is 0.270 e. The normalized spacial score (nSPS) is 20.6. The summed E-state index contributed by atoms with van der Waals surface area (Å²) in [6.07, 6.45) is 4.48. The number of nitrogens with one attached hydrogen (secondary N) is 1. The minimum Gasteiger partial charge on any atom is -0.393 e. The number of aryl methyl sites for hydroxylation is 1. The molecule has 1 amide bonds. The third kappa shape index (κ3) is 3.06. The molecule has 26 heavy (non-hydrogen) atoms. The number of fused-ring (bicyclic) bond motifs is 1. The fourth-order valence-electron chi connectivity index (χ4n) is 3.43. The maximum atomic E-state index is 14.0. The number of benzene rings is 1. The fraction of sp³-hybridized carbons (Fsp3) is 0.316. The van der Waals surface area contributed by atoms with Gasteiger partial charge < -0.3 is 10.4 Å². The first-order valence-electron chi connectivity index (χ1n) is 8.54. The largest absolute Gasteiger partial charge is 0.393 e. The zero-order chi connectivity index (χ0) is 18.3. The molecule has 1 fully saturated rings. The third-order valence-corrected chi connectivity index (χ3v) is 4.90.